The lowest BCUT2D eigenvalue weighted by Crippen LogP contribution is -2.42. The average Bonchev–Trinajstić information content (AvgIpc) is 3.54. The SMILES string of the molecule is O=C(C(Sc1nnc(Cc2cccs2)n1C1CCCCC1)c1ccccc1)N1CCOCC1. The normalized spacial score (nSPS) is 18.4. The largest absolute Gasteiger partial charge is 0.378 e. The maximum atomic E-state index is 13.6. The zero-order valence-electron chi connectivity index (χ0n) is 18.8. The molecular formula is C25H30N4O2S2. The molecule has 1 amide bonds. The number of carbonyl (C=O) groups is 1. The van der Waals surface area contributed by atoms with E-state index in [4.69, 9.17) is 4.74 Å². The highest BCUT2D eigenvalue weighted by atomic mass is 32.2. The van der Waals surface area contributed by atoms with Gasteiger partial charge in [-0.05, 0) is 29.9 Å². The minimum atomic E-state index is -0.342. The van der Waals surface area contributed by atoms with Gasteiger partial charge in [-0.3, -0.25) is 4.79 Å². The first-order chi connectivity index (χ1) is 16.3. The van der Waals surface area contributed by atoms with Crippen molar-refractivity contribution in [2.45, 2.75) is 55.0 Å². The molecule has 1 unspecified atom stereocenters. The van der Waals surface area contributed by atoms with Crippen LogP contribution in [0.2, 0.25) is 0 Å². The Labute approximate surface area is 203 Å². The van der Waals surface area contributed by atoms with E-state index < -0.39 is 0 Å². The van der Waals surface area contributed by atoms with Crippen molar-refractivity contribution >= 4 is 29.0 Å². The van der Waals surface area contributed by atoms with Gasteiger partial charge in [0.15, 0.2) is 5.16 Å². The second-order valence-electron chi connectivity index (χ2n) is 8.66. The molecule has 2 fully saturated rings. The van der Waals surface area contributed by atoms with Crippen molar-refractivity contribution in [3.8, 4) is 0 Å². The first kappa shape index (κ1) is 22.6. The van der Waals surface area contributed by atoms with Gasteiger partial charge in [0, 0.05) is 30.4 Å². The Morgan fingerprint density at radius 2 is 1.85 bits per heavy atom. The number of morpholine rings is 1. The molecule has 3 aromatic rings. The maximum Gasteiger partial charge on any atom is 0.240 e. The Kier molecular flexibility index (Phi) is 7.43. The molecule has 1 saturated carbocycles. The maximum absolute atomic E-state index is 13.6. The number of amides is 1. The third-order valence-electron chi connectivity index (χ3n) is 6.46. The zero-order chi connectivity index (χ0) is 22.5. The highest BCUT2D eigenvalue weighted by Gasteiger charge is 2.32. The van der Waals surface area contributed by atoms with Crippen LogP contribution in [-0.4, -0.2) is 51.9 Å². The van der Waals surface area contributed by atoms with Gasteiger partial charge < -0.3 is 14.2 Å². The third-order valence-corrected chi connectivity index (χ3v) is 8.54. The van der Waals surface area contributed by atoms with Gasteiger partial charge >= 0.3 is 0 Å². The van der Waals surface area contributed by atoms with Crippen LogP contribution >= 0.6 is 23.1 Å². The van der Waals surface area contributed by atoms with E-state index in [1.165, 1.54) is 24.1 Å². The van der Waals surface area contributed by atoms with Gasteiger partial charge in [-0.1, -0.05) is 67.4 Å². The summed E-state index contributed by atoms with van der Waals surface area (Å²) in [5.74, 6) is 1.14. The first-order valence-corrected chi connectivity index (χ1v) is 13.6. The van der Waals surface area contributed by atoms with Crippen molar-refractivity contribution in [1.82, 2.24) is 19.7 Å². The zero-order valence-corrected chi connectivity index (χ0v) is 20.4. The number of nitrogens with zero attached hydrogens (tertiary/aromatic N) is 4. The molecule has 0 bridgehead atoms. The first-order valence-electron chi connectivity index (χ1n) is 11.8. The molecule has 1 aliphatic carbocycles. The fraction of sp³-hybridized carbons (Fsp3) is 0.480. The fourth-order valence-electron chi connectivity index (χ4n) is 4.73. The summed E-state index contributed by atoms with van der Waals surface area (Å²) in [6, 6.07) is 14.7. The van der Waals surface area contributed by atoms with Gasteiger partial charge in [-0.2, -0.15) is 0 Å². The lowest BCUT2D eigenvalue weighted by atomic mass is 9.95. The standard InChI is InChI=1S/C25H30N4O2S2/c30-24(28-13-15-31-16-14-28)23(19-8-3-1-4-9-19)33-25-27-26-22(18-21-12-7-17-32-21)29(25)20-10-5-2-6-11-20/h1,3-4,7-9,12,17,20,23H,2,5-6,10-11,13-16,18H2. The van der Waals surface area contributed by atoms with Gasteiger partial charge in [0.1, 0.15) is 11.1 Å². The molecule has 5 rings (SSSR count). The minimum Gasteiger partial charge on any atom is -0.378 e. The van der Waals surface area contributed by atoms with Gasteiger partial charge in [0.25, 0.3) is 0 Å². The van der Waals surface area contributed by atoms with Crippen molar-refractivity contribution < 1.29 is 9.53 Å². The van der Waals surface area contributed by atoms with Crippen molar-refractivity contribution in [3.63, 3.8) is 0 Å². The predicted octanol–water partition coefficient (Wildman–Crippen LogP) is 5.13. The Bertz CT molecular complexity index is 1030. The number of thiophene rings is 1. The van der Waals surface area contributed by atoms with Crippen LogP contribution in [0.3, 0.4) is 0 Å². The summed E-state index contributed by atoms with van der Waals surface area (Å²) >= 11 is 3.31. The van der Waals surface area contributed by atoms with E-state index in [-0.39, 0.29) is 11.2 Å². The van der Waals surface area contributed by atoms with Crippen LogP contribution in [0.15, 0.2) is 53.0 Å². The summed E-state index contributed by atoms with van der Waals surface area (Å²) < 4.78 is 7.83. The molecule has 174 valence electrons. The molecule has 1 aromatic carbocycles. The van der Waals surface area contributed by atoms with Crippen molar-refractivity contribution in [3.05, 3.63) is 64.1 Å². The summed E-state index contributed by atoms with van der Waals surface area (Å²) in [6.07, 6.45) is 6.85. The summed E-state index contributed by atoms with van der Waals surface area (Å²) in [5.41, 5.74) is 1.01. The number of benzene rings is 1. The number of carbonyl (C=O) groups excluding carboxylic acids is 1. The molecule has 0 spiro atoms. The number of rotatable bonds is 7. The Balaban J connectivity index is 1.47. The molecule has 0 N–H and O–H groups in total. The minimum absolute atomic E-state index is 0.132. The Morgan fingerprint density at radius 3 is 2.58 bits per heavy atom. The van der Waals surface area contributed by atoms with Crippen LogP contribution in [0.5, 0.6) is 0 Å². The number of ether oxygens (including phenoxy) is 1. The Hall–Kier alpha value is -2.16. The second kappa shape index (κ2) is 10.8. The van der Waals surface area contributed by atoms with Crippen molar-refractivity contribution in [2.24, 2.45) is 0 Å². The molecule has 2 aliphatic rings. The molecule has 6 nitrogen and oxygen atoms in total. The molecular weight excluding hydrogens is 452 g/mol. The van der Waals surface area contributed by atoms with Gasteiger partial charge in [0.05, 0.1) is 13.2 Å². The van der Waals surface area contributed by atoms with Gasteiger partial charge in [-0.15, -0.1) is 21.5 Å². The van der Waals surface area contributed by atoms with E-state index in [9.17, 15) is 4.79 Å². The highest BCUT2D eigenvalue weighted by Crippen LogP contribution is 2.40. The molecule has 8 heteroatoms. The number of thioether (sulfide) groups is 1. The molecule has 0 radical (unpaired) electrons. The number of hydrogen-bond acceptors (Lipinski definition) is 6. The molecule has 33 heavy (non-hydrogen) atoms. The topological polar surface area (TPSA) is 60.2 Å². The van der Waals surface area contributed by atoms with Gasteiger partial charge in [-0.25, -0.2) is 0 Å². The number of aromatic nitrogens is 3. The van der Waals surface area contributed by atoms with E-state index in [0.717, 1.165) is 35.8 Å². The summed E-state index contributed by atoms with van der Waals surface area (Å²) in [4.78, 5) is 16.9. The van der Waals surface area contributed by atoms with E-state index in [0.29, 0.717) is 32.3 Å². The smallest absolute Gasteiger partial charge is 0.240 e. The summed E-state index contributed by atoms with van der Waals surface area (Å²) in [6.45, 7) is 2.48. The fourth-order valence-corrected chi connectivity index (χ4v) is 6.64. The quantitative estimate of drug-likeness (QED) is 0.437. The summed E-state index contributed by atoms with van der Waals surface area (Å²) in [7, 11) is 0. The lowest BCUT2D eigenvalue weighted by Gasteiger charge is -2.31. The van der Waals surface area contributed by atoms with Crippen LogP contribution in [0.1, 0.15) is 59.7 Å². The van der Waals surface area contributed by atoms with Crippen LogP contribution < -0.4 is 0 Å². The molecule has 1 aliphatic heterocycles. The van der Waals surface area contributed by atoms with Crippen LogP contribution in [0, 0.1) is 0 Å². The van der Waals surface area contributed by atoms with Gasteiger partial charge in [0.2, 0.25) is 5.91 Å². The van der Waals surface area contributed by atoms with E-state index in [1.54, 1.807) is 23.1 Å². The Morgan fingerprint density at radius 1 is 1.06 bits per heavy atom. The molecule has 2 aromatic heterocycles. The lowest BCUT2D eigenvalue weighted by molar-refractivity contribution is -0.134. The molecule has 3 heterocycles. The number of hydrogen-bond donors (Lipinski definition) is 0. The molecule has 1 saturated heterocycles. The average molecular weight is 483 g/mol. The van der Waals surface area contributed by atoms with E-state index >= 15 is 0 Å². The molecule has 1 atom stereocenters. The second-order valence-corrected chi connectivity index (χ2v) is 10.8. The summed E-state index contributed by atoms with van der Waals surface area (Å²) in [5, 5.41) is 11.9. The van der Waals surface area contributed by atoms with Crippen molar-refractivity contribution in [2.75, 3.05) is 26.3 Å². The van der Waals surface area contributed by atoms with Crippen LogP contribution in [-0.2, 0) is 16.0 Å². The van der Waals surface area contributed by atoms with Crippen molar-refractivity contribution in [1.29, 1.82) is 0 Å². The monoisotopic (exact) mass is 482 g/mol. The highest BCUT2D eigenvalue weighted by molar-refractivity contribution is 8.00. The predicted molar refractivity (Wildman–Crippen MR) is 132 cm³/mol. The van der Waals surface area contributed by atoms with Crippen LogP contribution in [0.4, 0.5) is 0 Å². The van der Waals surface area contributed by atoms with E-state index in [1.807, 2.05) is 35.2 Å². The third kappa shape index (κ3) is 5.34. The van der Waals surface area contributed by atoms with Crippen LogP contribution in [0.25, 0.3) is 0 Å². The van der Waals surface area contributed by atoms with E-state index in [2.05, 4.69) is 32.3 Å².